The van der Waals surface area contributed by atoms with Gasteiger partial charge in [-0.1, -0.05) is 15.9 Å². The van der Waals surface area contributed by atoms with Gasteiger partial charge >= 0.3 is 5.69 Å². The van der Waals surface area contributed by atoms with Gasteiger partial charge in [0.05, 0.1) is 0 Å². The van der Waals surface area contributed by atoms with Crippen LogP contribution < -0.4 is 17.0 Å². The number of nitrogens with zero attached hydrogens (tertiary/aromatic N) is 1. The quantitative estimate of drug-likeness (QED) is 0.661. The fourth-order valence-corrected chi connectivity index (χ4v) is 1.62. The Bertz CT molecular complexity index is 646. The number of anilines is 1. The third-order valence-corrected chi connectivity index (χ3v) is 2.48. The highest BCUT2D eigenvalue weighted by Crippen LogP contribution is 2.24. The molecule has 0 saturated heterocycles. The first-order valence-electron chi connectivity index (χ1n) is 4.32. The van der Waals surface area contributed by atoms with Crippen molar-refractivity contribution in [2.24, 2.45) is 0 Å². The molecule has 16 heavy (non-hydrogen) atoms. The van der Waals surface area contributed by atoms with Gasteiger partial charge in [-0.2, -0.15) is 5.10 Å². The van der Waals surface area contributed by atoms with Crippen molar-refractivity contribution >= 4 is 21.6 Å². The lowest BCUT2D eigenvalue weighted by Crippen LogP contribution is -2.25. The molecule has 0 aliphatic rings. The second kappa shape index (κ2) is 3.93. The molecule has 0 unspecified atom stereocenters. The van der Waals surface area contributed by atoms with Gasteiger partial charge in [-0.3, -0.25) is 9.78 Å². The normalized spacial score (nSPS) is 10.3. The zero-order valence-electron chi connectivity index (χ0n) is 7.95. The summed E-state index contributed by atoms with van der Waals surface area (Å²) in [6.45, 7) is 0. The molecule has 82 valence electrons. The monoisotopic (exact) mass is 282 g/mol. The molecular weight excluding hydrogens is 276 g/mol. The summed E-state index contributed by atoms with van der Waals surface area (Å²) >= 11 is 3.27. The van der Waals surface area contributed by atoms with Gasteiger partial charge in [-0.15, -0.1) is 0 Å². The molecule has 1 aromatic carbocycles. The van der Waals surface area contributed by atoms with E-state index in [0.717, 1.165) is 4.47 Å². The molecule has 0 saturated carbocycles. The minimum Gasteiger partial charge on any atom is -0.398 e. The summed E-state index contributed by atoms with van der Waals surface area (Å²) in [7, 11) is 0. The summed E-state index contributed by atoms with van der Waals surface area (Å²) in [6, 6.07) is 5.05. The van der Waals surface area contributed by atoms with E-state index in [9.17, 15) is 9.59 Å². The minimum absolute atomic E-state index is 0.0819. The van der Waals surface area contributed by atoms with E-state index in [4.69, 9.17) is 5.73 Å². The van der Waals surface area contributed by atoms with Crippen LogP contribution in [0.1, 0.15) is 0 Å². The van der Waals surface area contributed by atoms with Crippen LogP contribution in [0.2, 0.25) is 0 Å². The SMILES string of the molecule is Nc1ccc(Br)cc1-c1n[nH]c(=O)[nH]c1=O. The molecule has 2 aromatic rings. The van der Waals surface area contributed by atoms with Gasteiger partial charge in [0.15, 0.2) is 5.69 Å². The highest BCUT2D eigenvalue weighted by molar-refractivity contribution is 9.10. The van der Waals surface area contributed by atoms with E-state index >= 15 is 0 Å². The molecular formula is C9H7BrN4O2. The summed E-state index contributed by atoms with van der Waals surface area (Å²) < 4.78 is 0.768. The van der Waals surface area contributed by atoms with E-state index in [1.54, 1.807) is 18.2 Å². The smallest absolute Gasteiger partial charge is 0.342 e. The number of benzene rings is 1. The Morgan fingerprint density at radius 2 is 2.06 bits per heavy atom. The summed E-state index contributed by atoms with van der Waals surface area (Å²) in [5.41, 5.74) is 5.45. The molecule has 0 spiro atoms. The third-order valence-electron chi connectivity index (χ3n) is 1.98. The van der Waals surface area contributed by atoms with Crippen LogP contribution in [0.15, 0.2) is 32.3 Å². The van der Waals surface area contributed by atoms with Crippen molar-refractivity contribution in [3.63, 3.8) is 0 Å². The van der Waals surface area contributed by atoms with Crippen LogP contribution in [0.4, 0.5) is 5.69 Å². The summed E-state index contributed by atoms with van der Waals surface area (Å²) in [5, 5.41) is 5.82. The van der Waals surface area contributed by atoms with Gasteiger partial charge in [0.2, 0.25) is 0 Å². The Balaban J connectivity index is 2.72. The highest BCUT2D eigenvalue weighted by Gasteiger charge is 2.09. The molecule has 0 fully saturated rings. The minimum atomic E-state index is -0.651. The molecule has 7 heteroatoms. The molecule has 0 aliphatic heterocycles. The average Bonchev–Trinajstić information content (AvgIpc) is 2.22. The second-order valence-corrected chi connectivity index (χ2v) is 4.00. The van der Waals surface area contributed by atoms with Crippen molar-refractivity contribution in [1.82, 2.24) is 15.2 Å². The maximum atomic E-state index is 11.5. The van der Waals surface area contributed by atoms with Gasteiger partial charge in [0.25, 0.3) is 5.56 Å². The molecule has 1 aromatic heterocycles. The first-order chi connectivity index (χ1) is 7.58. The number of nitrogen functional groups attached to an aromatic ring is 1. The zero-order chi connectivity index (χ0) is 11.7. The van der Waals surface area contributed by atoms with E-state index in [1.165, 1.54) is 0 Å². The Morgan fingerprint density at radius 3 is 2.75 bits per heavy atom. The van der Waals surface area contributed by atoms with Crippen LogP contribution in [0.3, 0.4) is 0 Å². The molecule has 0 aliphatic carbocycles. The third kappa shape index (κ3) is 1.89. The number of H-pyrrole nitrogens is 2. The Morgan fingerprint density at radius 1 is 1.31 bits per heavy atom. The number of nitrogens with one attached hydrogen (secondary N) is 2. The van der Waals surface area contributed by atoms with Crippen LogP contribution in [-0.2, 0) is 0 Å². The summed E-state index contributed by atoms with van der Waals surface area (Å²) in [6.07, 6.45) is 0. The first-order valence-corrected chi connectivity index (χ1v) is 5.11. The Labute approximate surface area is 97.6 Å². The van der Waals surface area contributed by atoms with Crippen molar-refractivity contribution in [2.75, 3.05) is 5.73 Å². The van der Waals surface area contributed by atoms with Crippen molar-refractivity contribution in [2.45, 2.75) is 0 Å². The van der Waals surface area contributed by atoms with Gasteiger partial charge in [0.1, 0.15) is 0 Å². The number of hydrogen-bond acceptors (Lipinski definition) is 4. The van der Waals surface area contributed by atoms with Crippen LogP contribution in [-0.4, -0.2) is 15.2 Å². The number of halogens is 1. The van der Waals surface area contributed by atoms with Crippen LogP contribution in [0.5, 0.6) is 0 Å². The van der Waals surface area contributed by atoms with Gasteiger partial charge in [-0.25, -0.2) is 9.89 Å². The Hall–Kier alpha value is -1.89. The molecule has 0 radical (unpaired) electrons. The first kappa shape index (κ1) is 10.6. The predicted octanol–water partition coefficient (Wildman–Crippen LogP) is 0.470. The van der Waals surface area contributed by atoms with Crippen molar-refractivity contribution in [1.29, 1.82) is 0 Å². The van der Waals surface area contributed by atoms with Gasteiger partial charge in [0, 0.05) is 15.7 Å². The molecule has 6 nitrogen and oxygen atoms in total. The topological polar surface area (TPSA) is 105 Å². The molecule has 0 amide bonds. The lowest BCUT2D eigenvalue weighted by Gasteiger charge is -2.03. The van der Waals surface area contributed by atoms with Crippen LogP contribution >= 0.6 is 15.9 Å². The molecule has 1 heterocycles. The number of aromatic nitrogens is 3. The average molecular weight is 283 g/mol. The van der Waals surface area contributed by atoms with Crippen LogP contribution in [0, 0.1) is 0 Å². The number of rotatable bonds is 1. The van der Waals surface area contributed by atoms with E-state index in [1.807, 2.05) is 0 Å². The fraction of sp³-hybridized carbons (Fsp3) is 0. The number of aromatic amines is 2. The molecule has 4 N–H and O–H groups in total. The molecule has 0 bridgehead atoms. The largest absolute Gasteiger partial charge is 0.398 e. The predicted molar refractivity (Wildman–Crippen MR) is 63.0 cm³/mol. The Kier molecular flexibility index (Phi) is 2.61. The fourth-order valence-electron chi connectivity index (χ4n) is 1.26. The van der Waals surface area contributed by atoms with Gasteiger partial charge < -0.3 is 5.73 Å². The maximum Gasteiger partial charge on any atom is 0.342 e. The van der Waals surface area contributed by atoms with Crippen molar-refractivity contribution in [3.05, 3.63) is 43.5 Å². The molecule has 2 rings (SSSR count). The highest BCUT2D eigenvalue weighted by atomic mass is 79.9. The standard InChI is InChI=1S/C9H7BrN4O2/c10-4-1-2-6(11)5(3-4)7-8(15)12-9(16)14-13-7/h1-3H,11H2,(H2,12,14,15,16). The lowest BCUT2D eigenvalue weighted by atomic mass is 10.1. The van der Waals surface area contributed by atoms with Crippen molar-refractivity contribution in [3.8, 4) is 11.3 Å². The lowest BCUT2D eigenvalue weighted by molar-refractivity contribution is 0.898. The zero-order valence-corrected chi connectivity index (χ0v) is 9.54. The van der Waals surface area contributed by atoms with Crippen molar-refractivity contribution < 1.29 is 0 Å². The maximum absolute atomic E-state index is 11.5. The summed E-state index contributed by atoms with van der Waals surface area (Å²) in [4.78, 5) is 24.4. The number of nitrogens with two attached hydrogens (primary N) is 1. The second-order valence-electron chi connectivity index (χ2n) is 3.09. The van der Waals surface area contributed by atoms with E-state index < -0.39 is 11.2 Å². The van der Waals surface area contributed by atoms with Gasteiger partial charge in [-0.05, 0) is 18.2 Å². The molecule has 0 atom stereocenters. The summed E-state index contributed by atoms with van der Waals surface area (Å²) in [5.74, 6) is 0. The van der Waals surface area contributed by atoms with E-state index in [0.29, 0.717) is 11.3 Å². The number of hydrogen-bond donors (Lipinski definition) is 3. The van der Waals surface area contributed by atoms with Crippen LogP contribution in [0.25, 0.3) is 11.3 Å². The van der Waals surface area contributed by atoms with E-state index in [-0.39, 0.29) is 5.69 Å². The van der Waals surface area contributed by atoms with E-state index in [2.05, 4.69) is 31.1 Å².